The Morgan fingerprint density at radius 2 is 2.38 bits per heavy atom. The molecule has 1 aromatic heterocycles. The van der Waals surface area contributed by atoms with E-state index in [1.165, 1.54) is 17.8 Å². The number of rotatable bonds is 5. The molecule has 0 fully saturated rings. The number of nitrogen functional groups attached to an aromatic ring is 1. The molecule has 74 valence electrons. The largest absolute Gasteiger partial charge is 0.375 e. The number of nitrogens with zero attached hydrogens (tertiary/aromatic N) is 1. The van der Waals surface area contributed by atoms with E-state index in [9.17, 15) is 0 Å². The van der Waals surface area contributed by atoms with E-state index < -0.39 is 0 Å². The highest BCUT2D eigenvalue weighted by atomic mass is 32.1. The molecule has 0 radical (unpaired) electrons. The quantitative estimate of drug-likeness (QED) is 0.712. The number of nitrogens with one attached hydrogen (secondary N) is 1. The Morgan fingerprint density at radius 1 is 1.62 bits per heavy atom. The van der Waals surface area contributed by atoms with Crippen molar-refractivity contribution < 1.29 is 0 Å². The molecule has 0 aliphatic carbocycles. The molecule has 0 amide bonds. The third-order valence-electron chi connectivity index (χ3n) is 1.77. The molecule has 3 N–H and O–H groups in total. The minimum absolute atomic E-state index is 0.653. The topological polar surface area (TPSA) is 50.9 Å². The molecule has 1 heterocycles. The van der Waals surface area contributed by atoms with Crippen molar-refractivity contribution in [1.29, 1.82) is 0 Å². The summed E-state index contributed by atoms with van der Waals surface area (Å²) in [7, 11) is 0. The fraction of sp³-hybridized carbons (Fsp3) is 0.667. The van der Waals surface area contributed by atoms with Crippen molar-refractivity contribution in [3.8, 4) is 0 Å². The maximum absolute atomic E-state index is 5.51. The lowest BCUT2D eigenvalue weighted by Crippen LogP contribution is -2.16. The van der Waals surface area contributed by atoms with E-state index in [1.807, 2.05) is 5.38 Å². The molecular formula is C9H17N3S. The van der Waals surface area contributed by atoms with Crippen molar-refractivity contribution in [2.24, 2.45) is 5.92 Å². The van der Waals surface area contributed by atoms with Crippen LogP contribution >= 0.6 is 11.3 Å². The Morgan fingerprint density at radius 3 is 2.92 bits per heavy atom. The van der Waals surface area contributed by atoms with E-state index in [-0.39, 0.29) is 0 Å². The molecule has 4 heteroatoms. The first-order valence-corrected chi connectivity index (χ1v) is 5.47. The lowest BCUT2D eigenvalue weighted by Gasteiger charge is -2.04. The SMILES string of the molecule is CC(C)CCNCc1csc(N)n1. The van der Waals surface area contributed by atoms with Crippen LogP contribution in [0.5, 0.6) is 0 Å². The summed E-state index contributed by atoms with van der Waals surface area (Å²) in [6.45, 7) is 6.33. The van der Waals surface area contributed by atoms with Crippen LogP contribution in [-0.2, 0) is 6.54 Å². The standard InChI is InChI=1S/C9H17N3S/c1-7(2)3-4-11-5-8-6-13-9(10)12-8/h6-7,11H,3-5H2,1-2H3,(H2,10,12). The van der Waals surface area contributed by atoms with Crippen LogP contribution in [0.2, 0.25) is 0 Å². The van der Waals surface area contributed by atoms with Gasteiger partial charge in [0, 0.05) is 11.9 Å². The van der Waals surface area contributed by atoms with Gasteiger partial charge in [-0.1, -0.05) is 13.8 Å². The van der Waals surface area contributed by atoms with Crippen LogP contribution in [0.25, 0.3) is 0 Å². The Bertz CT molecular complexity index is 245. The summed E-state index contributed by atoms with van der Waals surface area (Å²) in [4.78, 5) is 4.16. The average Bonchev–Trinajstić information content (AvgIpc) is 2.45. The molecule has 0 aromatic carbocycles. The molecule has 3 nitrogen and oxygen atoms in total. The lowest BCUT2D eigenvalue weighted by atomic mass is 10.1. The van der Waals surface area contributed by atoms with Gasteiger partial charge in [-0.05, 0) is 18.9 Å². The second-order valence-electron chi connectivity index (χ2n) is 3.54. The minimum Gasteiger partial charge on any atom is -0.375 e. The Kier molecular flexibility index (Phi) is 4.18. The molecule has 0 atom stereocenters. The molecule has 1 rings (SSSR count). The molecule has 13 heavy (non-hydrogen) atoms. The number of anilines is 1. The van der Waals surface area contributed by atoms with Crippen LogP contribution < -0.4 is 11.1 Å². The van der Waals surface area contributed by atoms with Crippen molar-refractivity contribution in [3.63, 3.8) is 0 Å². The Hall–Kier alpha value is -0.610. The third kappa shape index (κ3) is 4.24. The fourth-order valence-electron chi connectivity index (χ4n) is 1.01. The molecule has 0 bridgehead atoms. The summed E-state index contributed by atoms with van der Waals surface area (Å²) in [6, 6.07) is 0. The fourth-order valence-corrected chi connectivity index (χ4v) is 1.57. The molecular weight excluding hydrogens is 182 g/mol. The zero-order valence-corrected chi connectivity index (χ0v) is 9.03. The minimum atomic E-state index is 0.653. The van der Waals surface area contributed by atoms with E-state index >= 15 is 0 Å². The van der Waals surface area contributed by atoms with Crippen molar-refractivity contribution in [2.45, 2.75) is 26.8 Å². The van der Waals surface area contributed by atoms with Gasteiger partial charge in [0.2, 0.25) is 0 Å². The van der Waals surface area contributed by atoms with Gasteiger partial charge in [-0.2, -0.15) is 0 Å². The van der Waals surface area contributed by atoms with Crippen molar-refractivity contribution >= 4 is 16.5 Å². The van der Waals surface area contributed by atoms with Crippen LogP contribution in [0.1, 0.15) is 26.0 Å². The molecule has 0 spiro atoms. The van der Waals surface area contributed by atoms with Crippen molar-refractivity contribution in [2.75, 3.05) is 12.3 Å². The van der Waals surface area contributed by atoms with Crippen LogP contribution in [0.3, 0.4) is 0 Å². The van der Waals surface area contributed by atoms with Gasteiger partial charge in [0.1, 0.15) is 0 Å². The average molecular weight is 199 g/mol. The van der Waals surface area contributed by atoms with Gasteiger partial charge in [0.25, 0.3) is 0 Å². The number of hydrogen-bond acceptors (Lipinski definition) is 4. The molecule has 1 aromatic rings. The third-order valence-corrected chi connectivity index (χ3v) is 2.50. The van der Waals surface area contributed by atoms with Crippen LogP contribution in [0.15, 0.2) is 5.38 Å². The number of hydrogen-bond donors (Lipinski definition) is 2. The van der Waals surface area contributed by atoms with Gasteiger partial charge < -0.3 is 11.1 Å². The Balaban J connectivity index is 2.13. The lowest BCUT2D eigenvalue weighted by molar-refractivity contribution is 0.535. The second kappa shape index (κ2) is 5.19. The molecule has 0 unspecified atom stereocenters. The maximum atomic E-state index is 5.51. The summed E-state index contributed by atoms with van der Waals surface area (Å²) < 4.78 is 0. The normalized spacial score (nSPS) is 11.0. The van der Waals surface area contributed by atoms with Crippen LogP contribution in [0, 0.1) is 5.92 Å². The first-order valence-electron chi connectivity index (χ1n) is 4.59. The molecule has 0 saturated carbocycles. The van der Waals surface area contributed by atoms with Crippen molar-refractivity contribution in [3.05, 3.63) is 11.1 Å². The van der Waals surface area contributed by atoms with E-state index in [4.69, 9.17) is 5.73 Å². The van der Waals surface area contributed by atoms with Gasteiger partial charge in [-0.25, -0.2) is 4.98 Å². The predicted octanol–water partition coefficient (Wildman–Crippen LogP) is 1.86. The number of nitrogens with two attached hydrogens (primary N) is 1. The summed E-state index contributed by atoms with van der Waals surface area (Å²) in [5.74, 6) is 0.757. The van der Waals surface area contributed by atoms with E-state index in [1.54, 1.807) is 0 Å². The van der Waals surface area contributed by atoms with Gasteiger partial charge in [0.15, 0.2) is 5.13 Å². The summed E-state index contributed by atoms with van der Waals surface area (Å²) >= 11 is 1.50. The maximum Gasteiger partial charge on any atom is 0.180 e. The zero-order valence-electron chi connectivity index (χ0n) is 8.21. The van der Waals surface area contributed by atoms with Crippen LogP contribution in [-0.4, -0.2) is 11.5 Å². The highest BCUT2D eigenvalue weighted by molar-refractivity contribution is 7.13. The molecule has 0 aliphatic rings. The van der Waals surface area contributed by atoms with E-state index in [0.29, 0.717) is 5.13 Å². The first-order chi connectivity index (χ1) is 6.18. The van der Waals surface area contributed by atoms with E-state index in [0.717, 1.165) is 24.7 Å². The Labute approximate surface area is 83.4 Å². The highest BCUT2D eigenvalue weighted by Gasteiger charge is 1.98. The smallest absolute Gasteiger partial charge is 0.180 e. The second-order valence-corrected chi connectivity index (χ2v) is 4.43. The molecule has 0 aliphatic heterocycles. The zero-order chi connectivity index (χ0) is 9.68. The van der Waals surface area contributed by atoms with Gasteiger partial charge in [0.05, 0.1) is 5.69 Å². The summed E-state index contributed by atoms with van der Waals surface area (Å²) in [5, 5.41) is 5.99. The van der Waals surface area contributed by atoms with E-state index in [2.05, 4.69) is 24.1 Å². The summed E-state index contributed by atoms with van der Waals surface area (Å²) in [6.07, 6.45) is 1.21. The molecule has 0 saturated heterocycles. The van der Waals surface area contributed by atoms with Gasteiger partial charge in [-0.15, -0.1) is 11.3 Å². The number of thiazole rings is 1. The van der Waals surface area contributed by atoms with Gasteiger partial charge in [-0.3, -0.25) is 0 Å². The first kappa shape index (κ1) is 10.5. The monoisotopic (exact) mass is 199 g/mol. The number of aromatic nitrogens is 1. The van der Waals surface area contributed by atoms with Crippen LogP contribution in [0.4, 0.5) is 5.13 Å². The van der Waals surface area contributed by atoms with Gasteiger partial charge >= 0.3 is 0 Å². The van der Waals surface area contributed by atoms with Crippen molar-refractivity contribution in [1.82, 2.24) is 10.3 Å². The highest BCUT2D eigenvalue weighted by Crippen LogP contribution is 2.10. The predicted molar refractivity (Wildman–Crippen MR) is 57.7 cm³/mol. The summed E-state index contributed by atoms with van der Waals surface area (Å²) in [5.41, 5.74) is 6.56.